The van der Waals surface area contributed by atoms with E-state index < -0.39 is 6.04 Å². The molecule has 0 aliphatic carbocycles. The van der Waals surface area contributed by atoms with Crippen molar-refractivity contribution in [3.8, 4) is 0 Å². The molecule has 26 heavy (non-hydrogen) atoms. The summed E-state index contributed by atoms with van der Waals surface area (Å²) in [7, 11) is 1.39. The van der Waals surface area contributed by atoms with Gasteiger partial charge in [0.1, 0.15) is 6.04 Å². The molecule has 1 aliphatic rings. The van der Waals surface area contributed by atoms with Gasteiger partial charge in [-0.1, -0.05) is 36.4 Å². The van der Waals surface area contributed by atoms with Gasteiger partial charge in [0.05, 0.1) is 13.7 Å². The molecule has 0 unspecified atom stereocenters. The van der Waals surface area contributed by atoms with Crippen molar-refractivity contribution >= 4 is 17.6 Å². The summed E-state index contributed by atoms with van der Waals surface area (Å²) in [6.45, 7) is 4.69. The first kappa shape index (κ1) is 18.1. The lowest BCUT2D eigenvalue weighted by Gasteiger charge is -2.34. The van der Waals surface area contributed by atoms with Crippen LogP contribution in [-0.4, -0.2) is 36.5 Å². The Kier molecular flexibility index (Phi) is 5.38. The highest BCUT2D eigenvalue weighted by atomic mass is 16.5. The Morgan fingerprint density at radius 1 is 1.12 bits per heavy atom. The van der Waals surface area contributed by atoms with E-state index in [9.17, 15) is 9.59 Å². The number of hydrogen-bond acceptors (Lipinski definition) is 4. The third-order valence-electron chi connectivity index (χ3n) is 5.04. The van der Waals surface area contributed by atoms with E-state index in [1.54, 1.807) is 0 Å². The molecule has 0 bridgehead atoms. The van der Waals surface area contributed by atoms with E-state index in [1.165, 1.54) is 7.11 Å². The Morgan fingerprint density at radius 3 is 2.58 bits per heavy atom. The van der Waals surface area contributed by atoms with Gasteiger partial charge in [0.15, 0.2) is 0 Å². The Hall–Kier alpha value is -2.66. The molecular formula is C21H24N2O3. The third-order valence-corrected chi connectivity index (χ3v) is 5.04. The minimum Gasteiger partial charge on any atom is -0.468 e. The Morgan fingerprint density at radius 2 is 1.85 bits per heavy atom. The average Bonchev–Trinajstić information content (AvgIpc) is 2.64. The molecule has 2 aromatic carbocycles. The fourth-order valence-electron chi connectivity index (χ4n) is 3.37. The van der Waals surface area contributed by atoms with Crippen LogP contribution in [0.15, 0.2) is 42.5 Å². The van der Waals surface area contributed by atoms with Gasteiger partial charge in [-0.3, -0.25) is 14.5 Å². The van der Waals surface area contributed by atoms with Crippen molar-refractivity contribution in [1.29, 1.82) is 0 Å². The topological polar surface area (TPSA) is 58.6 Å². The number of carbonyl (C=O) groups excluding carboxylic acids is 2. The van der Waals surface area contributed by atoms with Crippen LogP contribution in [0.5, 0.6) is 0 Å². The van der Waals surface area contributed by atoms with Crippen molar-refractivity contribution in [1.82, 2.24) is 4.90 Å². The van der Waals surface area contributed by atoms with Gasteiger partial charge in [0.2, 0.25) is 5.91 Å². The van der Waals surface area contributed by atoms with Crippen molar-refractivity contribution in [2.45, 2.75) is 32.9 Å². The fraction of sp³-hybridized carbons (Fsp3) is 0.333. The first-order chi connectivity index (χ1) is 12.5. The lowest BCUT2D eigenvalue weighted by molar-refractivity contribution is -0.148. The summed E-state index contributed by atoms with van der Waals surface area (Å²) in [6.07, 6.45) is 0.555. The number of amides is 1. The summed E-state index contributed by atoms with van der Waals surface area (Å²) in [4.78, 5) is 26.7. The van der Waals surface area contributed by atoms with Crippen LogP contribution in [0.4, 0.5) is 5.69 Å². The summed E-state index contributed by atoms with van der Waals surface area (Å²) >= 11 is 0. The molecule has 5 heteroatoms. The molecule has 0 saturated carbocycles. The highest BCUT2D eigenvalue weighted by Gasteiger charge is 2.33. The minimum absolute atomic E-state index is 0.132. The van der Waals surface area contributed by atoms with Crippen LogP contribution in [0.2, 0.25) is 0 Å². The average molecular weight is 352 g/mol. The predicted molar refractivity (Wildman–Crippen MR) is 101 cm³/mol. The summed E-state index contributed by atoms with van der Waals surface area (Å²) in [6, 6.07) is 13.4. The molecule has 1 N–H and O–H groups in total. The van der Waals surface area contributed by atoms with E-state index in [4.69, 9.17) is 4.74 Å². The van der Waals surface area contributed by atoms with E-state index in [1.807, 2.05) is 61.2 Å². The maximum atomic E-state index is 12.6. The SMILES string of the molecule is COC(=O)[C@H]1Cc2ccccc2CN1CC(=O)Nc1cccc(C)c1C. The molecule has 136 valence electrons. The number of ether oxygens (including phenoxy) is 1. The van der Waals surface area contributed by atoms with Crippen molar-refractivity contribution in [3.63, 3.8) is 0 Å². The number of nitrogens with zero attached hydrogens (tertiary/aromatic N) is 1. The molecule has 2 aromatic rings. The molecule has 3 rings (SSSR count). The second-order valence-electron chi connectivity index (χ2n) is 6.71. The van der Waals surface area contributed by atoms with Crippen LogP contribution >= 0.6 is 0 Å². The van der Waals surface area contributed by atoms with E-state index in [-0.39, 0.29) is 18.4 Å². The standard InChI is InChI=1S/C21H24N2O3/c1-14-7-6-10-18(15(14)2)22-20(24)13-23-12-17-9-5-4-8-16(17)11-19(23)21(25)26-3/h4-10,19H,11-13H2,1-3H3,(H,22,24)/t19-/m1/s1. The highest BCUT2D eigenvalue weighted by molar-refractivity contribution is 5.93. The molecule has 1 heterocycles. The Balaban J connectivity index is 1.76. The second-order valence-corrected chi connectivity index (χ2v) is 6.71. The molecule has 0 aromatic heterocycles. The minimum atomic E-state index is -0.445. The quantitative estimate of drug-likeness (QED) is 0.860. The van der Waals surface area contributed by atoms with E-state index in [2.05, 4.69) is 5.32 Å². The van der Waals surface area contributed by atoms with Crippen LogP contribution in [0.1, 0.15) is 22.3 Å². The number of benzene rings is 2. The predicted octanol–water partition coefficient (Wildman–Crippen LogP) is 2.84. The number of fused-ring (bicyclic) bond motifs is 1. The van der Waals surface area contributed by atoms with Gasteiger partial charge in [-0.05, 0) is 48.6 Å². The van der Waals surface area contributed by atoms with E-state index >= 15 is 0 Å². The van der Waals surface area contributed by atoms with Crippen molar-refractivity contribution in [3.05, 3.63) is 64.7 Å². The first-order valence-electron chi connectivity index (χ1n) is 8.74. The Labute approximate surface area is 154 Å². The zero-order chi connectivity index (χ0) is 18.7. The van der Waals surface area contributed by atoms with E-state index in [0.717, 1.165) is 27.9 Å². The zero-order valence-electron chi connectivity index (χ0n) is 15.4. The van der Waals surface area contributed by atoms with Gasteiger partial charge in [-0.15, -0.1) is 0 Å². The van der Waals surface area contributed by atoms with Gasteiger partial charge in [-0.2, -0.15) is 0 Å². The Bertz CT molecular complexity index is 832. The molecule has 0 fully saturated rings. The lowest BCUT2D eigenvalue weighted by Crippen LogP contribution is -2.49. The van der Waals surface area contributed by atoms with E-state index in [0.29, 0.717) is 13.0 Å². The number of aryl methyl sites for hydroxylation is 1. The molecule has 1 atom stereocenters. The van der Waals surface area contributed by atoms with Crippen LogP contribution in [0.3, 0.4) is 0 Å². The molecule has 1 amide bonds. The maximum Gasteiger partial charge on any atom is 0.323 e. The zero-order valence-corrected chi connectivity index (χ0v) is 15.4. The normalized spacial score (nSPS) is 16.7. The summed E-state index contributed by atoms with van der Waals surface area (Å²) in [5.74, 6) is -0.439. The number of nitrogens with one attached hydrogen (secondary N) is 1. The van der Waals surface area contributed by atoms with Gasteiger partial charge >= 0.3 is 5.97 Å². The number of carbonyl (C=O) groups is 2. The second kappa shape index (κ2) is 7.70. The molecule has 1 aliphatic heterocycles. The van der Waals surface area contributed by atoms with Crippen molar-refractivity contribution in [2.24, 2.45) is 0 Å². The largest absolute Gasteiger partial charge is 0.468 e. The number of methoxy groups -OCH3 is 1. The summed E-state index contributed by atoms with van der Waals surface area (Å²) in [5.41, 5.74) is 5.26. The lowest BCUT2D eigenvalue weighted by atomic mass is 9.94. The summed E-state index contributed by atoms with van der Waals surface area (Å²) in [5, 5.41) is 2.97. The highest BCUT2D eigenvalue weighted by Crippen LogP contribution is 2.24. The molecule has 0 radical (unpaired) electrons. The molecule has 0 spiro atoms. The third kappa shape index (κ3) is 3.78. The molecular weight excluding hydrogens is 328 g/mol. The van der Waals surface area contributed by atoms with Crippen LogP contribution in [0.25, 0.3) is 0 Å². The van der Waals surface area contributed by atoms with Gasteiger partial charge in [-0.25, -0.2) is 0 Å². The molecule has 5 nitrogen and oxygen atoms in total. The first-order valence-corrected chi connectivity index (χ1v) is 8.74. The molecule has 0 saturated heterocycles. The maximum absolute atomic E-state index is 12.6. The van der Waals surface area contributed by atoms with Crippen LogP contribution in [-0.2, 0) is 27.3 Å². The number of anilines is 1. The van der Waals surface area contributed by atoms with Crippen molar-refractivity contribution < 1.29 is 14.3 Å². The summed E-state index contributed by atoms with van der Waals surface area (Å²) < 4.78 is 4.96. The monoisotopic (exact) mass is 352 g/mol. The fourth-order valence-corrected chi connectivity index (χ4v) is 3.37. The van der Waals surface area contributed by atoms with Gasteiger partial charge in [0, 0.05) is 12.2 Å². The number of esters is 1. The number of rotatable bonds is 4. The van der Waals surface area contributed by atoms with Gasteiger partial charge in [0.25, 0.3) is 0 Å². The number of hydrogen-bond donors (Lipinski definition) is 1. The van der Waals surface area contributed by atoms with Gasteiger partial charge < -0.3 is 10.1 Å². The van der Waals surface area contributed by atoms with Crippen molar-refractivity contribution in [2.75, 3.05) is 19.0 Å². The van der Waals surface area contributed by atoms with Crippen LogP contribution in [0, 0.1) is 13.8 Å². The van der Waals surface area contributed by atoms with Crippen LogP contribution < -0.4 is 5.32 Å². The smallest absolute Gasteiger partial charge is 0.323 e.